The molecule has 4 heteroatoms. The van der Waals surface area contributed by atoms with Gasteiger partial charge < -0.3 is 9.72 Å². The molecule has 0 radical (unpaired) electrons. The second-order valence-corrected chi connectivity index (χ2v) is 4.34. The monoisotopic (exact) mass is 207 g/mol. The van der Waals surface area contributed by atoms with Crippen LogP contribution in [0.4, 0.5) is 0 Å². The summed E-state index contributed by atoms with van der Waals surface area (Å²) in [4.78, 5) is 14.5. The third-order valence-corrected chi connectivity index (χ3v) is 3.59. The van der Waals surface area contributed by atoms with Gasteiger partial charge in [-0.05, 0) is 12.5 Å². The summed E-state index contributed by atoms with van der Waals surface area (Å²) in [5, 5.41) is 2.95. The molecule has 0 atom stereocenters. The summed E-state index contributed by atoms with van der Waals surface area (Å²) in [5.41, 5.74) is 2.22. The third-order valence-electron chi connectivity index (χ3n) is 2.63. The number of nitrogens with one attached hydrogen (secondary N) is 1. The molecule has 0 aliphatic carbocycles. The van der Waals surface area contributed by atoms with Crippen LogP contribution in [-0.2, 0) is 6.42 Å². The molecule has 0 fully saturated rings. The number of aromatic nitrogens is 1. The van der Waals surface area contributed by atoms with Gasteiger partial charge in [0.05, 0.1) is 6.61 Å². The maximum atomic E-state index is 11.6. The second-order valence-electron chi connectivity index (χ2n) is 3.46. The van der Waals surface area contributed by atoms with E-state index in [2.05, 4.69) is 4.98 Å². The quantitative estimate of drug-likeness (QED) is 0.716. The van der Waals surface area contributed by atoms with Crippen molar-refractivity contribution in [2.24, 2.45) is 0 Å². The number of aromatic amines is 1. The fraction of sp³-hybridized carbons (Fsp3) is 0.300. The Hall–Kier alpha value is -1.29. The largest absolute Gasteiger partial charge is 0.492 e. The Morgan fingerprint density at radius 1 is 1.57 bits per heavy atom. The van der Waals surface area contributed by atoms with Crippen molar-refractivity contribution < 1.29 is 4.74 Å². The molecule has 3 heterocycles. The maximum absolute atomic E-state index is 11.6. The highest BCUT2D eigenvalue weighted by Gasteiger charge is 2.19. The van der Waals surface area contributed by atoms with Gasteiger partial charge >= 0.3 is 0 Å². The van der Waals surface area contributed by atoms with Crippen molar-refractivity contribution in [2.75, 3.05) is 6.61 Å². The molecule has 72 valence electrons. The Kier molecular flexibility index (Phi) is 1.50. The number of thiophene rings is 1. The van der Waals surface area contributed by atoms with E-state index in [0.29, 0.717) is 6.61 Å². The minimum absolute atomic E-state index is 0.00278. The van der Waals surface area contributed by atoms with E-state index < -0.39 is 0 Å². The fourth-order valence-corrected chi connectivity index (χ4v) is 2.88. The number of H-pyrrole nitrogens is 1. The first-order valence-electron chi connectivity index (χ1n) is 4.53. The molecule has 0 saturated heterocycles. The van der Waals surface area contributed by atoms with Gasteiger partial charge in [0.25, 0.3) is 5.56 Å². The van der Waals surface area contributed by atoms with E-state index in [1.807, 2.05) is 12.3 Å². The Balaban J connectivity index is 2.58. The summed E-state index contributed by atoms with van der Waals surface area (Å²) in [5.74, 6) is 0.875. The average molecular weight is 207 g/mol. The van der Waals surface area contributed by atoms with E-state index in [9.17, 15) is 4.79 Å². The predicted octanol–water partition coefficient (Wildman–Crippen LogP) is 1.83. The zero-order valence-corrected chi connectivity index (χ0v) is 8.53. The number of aryl methyl sites for hydroxylation is 1. The number of hydrogen-bond acceptors (Lipinski definition) is 3. The molecule has 0 bridgehead atoms. The van der Waals surface area contributed by atoms with Crippen molar-refractivity contribution in [1.29, 1.82) is 0 Å². The molecule has 1 aliphatic rings. The summed E-state index contributed by atoms with van der Waals surface area (Å²) < 4.78 is 6.30. The Morgan fingerprint density at radius 2 is 2.43 bits per heavy atom. The molecule has 2 aromatic rings. The van der Waals surface area contributed by atoms with Crippen molar-refractivity contribution in [3.05, 3.63) is 27.0 Å². The van der Waals surface area contributed by atoms with Gasteiger partial charge in [-0.1, -0.05) is 0 Å². The van der Waals surface area contributed by atoms with Crippen LogP contribution in [0.25, 0.3) is 10.1 Å². The highest BCUT2D eigenvalue weighted by atomic mass is 32.1. The molecule has 3 rings (SSSR count). The van der Waals surface area contributed by atoms with Crippen LogP contribution in [0, 0.1) is 6.92 Å². The zero-order valence-electron chi connectivity index (χ0n) is 7.72. The van der Waals surface area contributed by atoms with Gasteiger partial charge in [-0.3, -0.25) is 4.79 Å². The van der Waals surface area contributed by atoms with Gasteiger partial charge in [-0.25, -0.2) is 0 Å². The molecule has 1 N–H and O–H groups in total. The second kappa shape index (κ2) is 2.60. The standard InChI is InChI=1S/C10H9NO2S/c1-5-6-2-3-13-7-4-14-9(8(6)7)10(12)11-5/h4H,2-3H2,1H3,(H,11,12). The van der Waals surface area contributed by atoms with E-state index in [-0.39, 0.29) is 5.56 Å². The molecule has 0 spiro atoms. The highest BCUT2D eigenvalue weighted by molar-refractivity contribution is 7.17. The van der Waals surface area contributed by atoms with Crippen molar-refractivity contribution >= 4 is 21.4 Å². The van der Waals surface area contributed by atoms with E-state index in [1.54, 1.807) is 0 Å². The lowest BCUT2D eigenvalue weighted by Crippen LogP contribution is -2.14. The SMILES string of the molecule is Cc1[nH]c(=O)c2scc3c2c1CCO3. The number of rotatable bonds is 0. The predicted molar refractivity (Wildman–Crippen MR) is 56.4 cm³/mol. The fourth-order valence-electron chi connectivity index (χ4n) is 1.97. The van der Waals surface area contributed by atoms with Crippen LogP contribution in [0.2, 0.25) is 0 Å². The summed E-state index contributed by atoms with van der Waals surface area (Å²) in [6, 6.07) is 0. The van der Waals surface area contributed by atoms with Crippen molar-refractivity contribution in [1.82, 2.24) is 4.98 Å². The van der Waals surface area contributed by atoms with Crippen LogP contribution in [0.1, 0.15) is 11.3 Å². The first-order chi connectivity index (χ1) is 6.77. The molecule has 0 saturated carbocycles. The van der Waals surface area contributed by atoms with Gasteiger partial charge in [-0.15, -0.1) is 11.3 Å². The summed E-state index contributed by atoms with van der Waals surface area (Å²) in [6.45, 7) is 2.66. The molecule has 1 aliphatic heterocycles. The van der Waals surface area contributed by atoms with E-state index >= 15 is 0 Å². The Bertz CT molecular complexity index is 567. The van der Waals surface area contributed by atoms with E-state index in [0.717, 1.165) is 28.0 Å². The first-order valence-corrected chi connectivity index (χ1v) is 5.41. The molecule has 3 nitrogen and oxygen atoms in total. The van der Waals surface area contributed by atoms with Crippen LogP contribution in [0.5, 0.6) is 5.75 Å². The molecular weight excluding hydrogens is 198 g/mol. The van der Waals surface area contributed by atoms with Crippen molar-refractivity contribution in [3.63, 3.8) is 0 Å². The zero-order chi connectivity index (χ0) is 9.71. The molecule has 14 heavy (non-hydrogen) atoms. The van der Waals surface area contributed by atoms with Crippen LogP contribution < -0.4 is 10.3 Å². The smallest absolute Gasteiger partial charge is 0.266 e. The summed E-state index contributed by atoms with van der Waals surface area (Å²) in [7, 11) is 0. The van der Waals surface area contributed by atoms with E-state index in [4.69, 9.17) is 4.74 Å². The van der Waals surface area contributed by atoms with Gasteiger partial charge in [0.2, 0.25) is 0 Å². The third kappa shape index (κ3) is 0.889. The topological polar surface area (TPSA) is 42.1 Å². The van der Waals surface area contributed by atoms with Crippen molar-refractivity contribution in [3.8, 4) is 5.75 Å². The Labute approximate surface area is 84.3 Å². The average Bonchev–Trinajstić information content (AvgIpc) is 2.59. The van der Waals surface area contributed by atoms with Gasteiger partial charge in [-0.2, -0.15) is 0 Å². The van der Waals surface area contributed by atoms with Crippen LogP contribution in [-0.4, -0.2) is 11.6 Å². The molecule has 0 amide bonds. The number of hydrogen-bond donors (Lipinski definition) is 1. The number of pyridine rings is 1. The lowest BCUT2D eigenvalue weighted by Gasteiger charge is -2.15. The van der Waals surface area contributed by atoms with E-state index in [1.165, 1.54) is 16.9 Å². The van der Waals surface area contributed by atoms with Gasteiger partial charge in [0.15, 0.2) is 0 Å². The Morgan fingerprint density at radius 3 is 3.29 bits per heavy atom. The first kappa shape index (κ1) is 8.05. The minimum atomic E-state index is 0.00278. The molecular formula is C10H9NO2S. The molecule has 2 aromatic heterocycles. The minimum Gasteiger partial charge on any atom is -0.492 e. The lowest BCUT2D eigenvalue weighted by molar-refractivity contribution is 0.319. The van der Waals surface area contributed by atoms with Crippen LogP contribution >= 0.6 is 11.3 Å². The van der Waals surface area contributed by atoms with Crippen molar-refractivity contribution in [2.45, 2.75) is 13.3 Å². The maximum Gasteiger partial charge on any atom is 0.266 e. The normalized spacial score (nSPS) is 14.4. The number of ether oxygens (including phenoxy) is 1. The molecule has 0 unspecified atom stereocenters. The molecule has 0 aromatic carbocycles. The van der Waals surface area contributed by atoms with Crippen LogP contribution in [0.15, 0.2) is 10.2 Å². The van der Waals surface area contributed by atoms with Crippen LogP contribution in [0.3, 0.4) is 0 Å². The lowest BCUT2D eigenvalue weighted by atomic mass is 10.0. The van der Waals surface area contributed by atoms with Gasteiger partial charge in [0.1, 0.15) is 10.4 Å². The highest BCUT2D eigenvalue weighted by Crippen LogP contribution is 2.36. The summed E-state index contributed by atoms with van der Waals surface area (Å²) >= 11 is 1.46. The summed E-state index contributed by atoms with van der Waals surface area (Å²) in [6.07, 6.45) is 0.892. The van der Waals surface area contributed by atoms with Gasteiger partial charge in [0, 0.05) is 22.9 Å².